The van der Waals surface area contributed by atoms with Gasteiger partial charge in [-0.1, -0.05) is 30.0 Å². The first-order valence-corrected chi connectivity index (χ1v) is 12.4. The standard InChI is InChI=1S/C20H24N2S2.C4H4O4/c1-21-9-11-22(12-10-21)18-13-15-5-3-4-6-19(15)24-20-8-7-16(23-2)14-17(18)20;5-3(6)1-2-4(7)8/h3-8,14,18H,9-13H2,1-2H3;1-2H,(H,5,6)(H,7,8)/t18-;/m1./s1. The first kappa shape index (κ1) is 24.4. The van der Waals surface area contributed by atoms with Gasteiger partial charge in [0.25, 0.3) is 0 Å². The van der Waals surface area contributed by atoms with Gasteiger partial charge in [-0.05, 0) is 55.1 Å². The lowest BCUT2D eigenvalue weighted by atomic mass is 9.96. The number of hydrogen-bond acceptors (Lipinski definition) is 6. The molecule has 2 N–H and O–H groups in total. The van der Waals surface area contributed by atoms with E-state index in [0.717, 1.165) is 19.5 Å². The molecule has 0 spiro atoms. The van der Waals surface area contributed by atoms with Gasteiger partial charge in [0.05, 0.1) is 0 Å². The number of fused-ring (bicyclic) bond motifs is 2. The van der Waals surface area contributed by atoms with Crippen molar-refractivity contribution in [1.29, 1.82) is 0 Å². The maximum Gasteiger partial charge on any atom is 0.328 e. The Kier molecular flexibility index (Phi) is 8.81. The fourth-order valence-electron chi connectivity index (χ4n) is 3.82. The molecule has 0 unspecified atom stereocenters. The zero-order valence-corrected chi connectivity index (χ0v) is 19.9. The summed E-state index contributed by atoms with van der Waals surface area (Å²) in [4.78, 5) is 28.5. The summed E-state index contributed by atoms with van der Waals surface area (Å²) < 4.78 is 0. The van der Waals surface area contributed by atoms with Gasteiger partial charge < -0.3 is 15.1 Å². The smallest absolute Gasteiger partial charge is 0.328 e. The molecule has 0 bridgehead atoms. The third-order valence-corrected chi connectivity index (χ3v) is 7.46. The zero-order chi connectivity index (χ0) is 23.1. The Balaban J connectivity index is 0.000000312. The van der Waals surface area contributed by atoms with Crippen molar-refractivity contribution >= 4 is 35.5 Å². The summed E-state index contributed by atoms with van der Waals surface area (Å²) >= 11 is 3.79. The van der Waals surface area contributed by atoms with E-state index in [9.17, 15) is 9.59 Å². The molecule has 1 fully saturated rings. The molecule has 2 aliphatic rings. The van der Waals surface area contributed by atoms with Crippen molar-refractivity contribution in [3.05, 3.63) is 65.7 Å². The highest BCUT2D eigenvalue weighted by atomic mass is 32.2. The van der Waals surface area contributed by atoms with E-state index in [1.165, 1.54) is 38.9 Å². The Labute approximate surface area is 197 Å². The second kappa shape index (κ2) is 11.6. The lowest BCUT2D eigenvalue weighted by Gasteiger charge is -2.38. The molecule has 2 aromatic carbocycles. The lowest BCUT2D eigenvalue weighted by Crippen LogP contribution is -2.46. The SMILES string of the molecule is CSc1ccc2c(c1)[C@H](N1CCN(C)CC1)Cc1ccccc1S2.O=C(O)C=CC(=O)O. The average Bonchev–Trinajstić information content (AvgIpc) is 2.95. The molecule has 1 atom stereocenters. The number of hydrogen-bond donors (Lipinski definition) is 2. The van der Waals surface area contributed by atoms with Crippen molar-refractivity contribution in [3.63, 3.8) is 0 Å². The molecule has 2 aliphatic heterocycles. The van der Waals surface area contributed by atoms with E-state index < -0.39 is 11.9 Å². The Morgan fingerprint density at radius 2 is 1.66 bits per heavy atom. The van der Waals surface area contributed by atoms with Gasteiger partial charge in [0.1, 0.15) is 0 Å². The minimum Gasteiger partial charge on any atom is -0.478 e. The van der Waals surface area contributed by atoms with Crippen LogP contribution in [-0.2, 0) is 16.0 Å². The van der Waals surface area contributed by atoms with Crippen LogP contribution in [0.25, 0.3) is 0 Å². The molecule has 8 heteroatoms. The summed E-state index contributed by atoms with van der Waals surface area (Å²) in [6.45, 7) is 4.67. The van der Waals surface area contributed by atoms with E-state index in [1.807, 2.05) is 23.5 Å². The quantitative estimate of drug-likeness (QED) is 0.508. The van der Waals surface area contributed by atoms with Gasteiger partial charge in [-0.15, -0.1) is 11.8 Å². The third-order valence-electron chi connectivity index (χ3n) is 5.53. The molecule has 32 heavy (non-hydrogen) atoms. The number of nitrogens with zero attached hydrogens (tertiary/aromatic N) is 2. The van der Waals surface area contributed by atoms with Gasteiger partial charge >= 0.3 is 11.9 Å². The number of benzene rings is 2. The van der Waals surface area contributed by atoms with E-state index in [-0.39, 0.29) is 0 Å². The molecular formula is C24H28N2O4S2. The topological polar surface area (TPSA) is 81.1 Å². The summed E-state index contributed by atoms with van der Waals surface area (Å²) in [6.07, 6.45) is 4.41. The van der Waals surface area contributed by atoms with Crippen LogP contribution in [-0.4, -0.2) is 71.4 Å². The molecule has 4 rings (SSSR count). The molecule has 0 aromatic heterocycles. The van der Waals surface area contributed by atoms with E-state index in [2.05, 4.69) is 65.6 Å². The maximum atomic E-state index is 9.55. The van der Waals surface area contributed by atoms with E-state index in [4.69, 9.17) is 10.2 Å². The second-order valence-corrected chi connectivity index (χ2v) is 9.65. The number of carboxylic acids is 2. The second-order valence-electron chi connectivity index (χ2n) is 7.68. The van der Waals surface area contributed by atoms with Gasteiger partial charge in [-0.3, -0.25) is 4.90 Å². The molecule has 6 nitrogen and oxygen atoms in total. The number of likely N-dealkylation sites (N-methyl/N-ethyl adjacent to an activating group) is 1. The summed E-state index contributed by atoms with van der Waals surface area (Å²) in [5.74, 6) is -2.51. The molecule has 1 saturated heterocycles. The minimum atomic E-state index is -1.26. The minimum absolute atomic E-state index is 0.497. The van der Waals surface area contributed by atoms with Crippen LogP contribution in [0.3, 0.4) is 0 Å². The lowest BCUT2D eigenvalue weighted by molar-refractivity contribution is -0.134. The van der Waals surface area contributed by atoms with E-state index in [1.54, 1.807) is 0 Å². The molecule has 0 saturated carbocycles. The Hall–Kier alpha value is -2.26. The number of aliphatic carboxylic acids is 2. The predicted molar refractivity (Wildman–Crippen MR) is 129 cm³/mol. The number of rotatable bonds is 4. The van der Waals surface area contributed by atoms with Crippen LogP contribution in [0.2, 0.25) is 0 Å². The largest absolute Gasteiger partial charge is 0.478 e. The van der Waals surface area contributed by atoms with Crippen molar-refractivity contribution < 1.29 is 19.8 Å². The molecule has 0 aliphatic carbocycles. The molecule has 2 heterocycles. The van der Waals surface area contributed by atoms with Crippen LogP contribution in [0.1, 0.15) is 17.2 Å². The Morgan fingerprint density at radius 1 is 1.00 bits per heavy atom. The zero-order valence-electron chi connectivity index (χ0n) is 18.2. The highest BCUT2D eigenvalue weighted by Crippen LogP contribution is 2.44. The molecular weight excluding hydrogens is 444 g/mol. The van der Waals surface area contributed by atoms with Crippen molar-refractivity contribution in [1.82, 2.24) is 9.80 Å². The van der Waals surface area contributed by atoms with Gasteiger partial charge in [-0.2, -0.15) is 0 Å². The van der Waals surface area contributed by atoms with Crippen LogP contribution >= 0.6 is 23.5 Å². The third kappa shape index (κ3) is 6.62. The van der Waals surface area contributed by atoms with Gasteiger partial charge in [0.15, 0.2) is 0 Å². The average molecular weight is 473 g/mol. The number of piperazine rings is 1. The highest BCUT2D eigenvalue weighted by molar-refractivity contribution is 7.99. The fraction of sp³-hybridized carbons (Fsp3) is 0.333. The van der Waals surface area contributed by atoms with Crippen molar-refractivity contribution in [3.8, 4) is 0 Å². The van der Waals surface area contributed by atoms with Crippen LogP contribution < -0.4 is 0 Å². The summed E-state index contributed by atoms with van der Waals surface area (Å²) in [6, 6.07) is 16.5. The molecule has 0 radical (unpaired) electrons. The summed E-state index contributed by atoms with van der Waals surface area (Å²) in [5.41, 5.74) is 3.01. The molecule has 2 aromatic rings. The number of thioether (sulfide) groups is 1. The van der Waals surface area contributed by atoms with Crippen LogP contribution in [0.5, 0.6) is 0 Å². The summed E-state index contributed by atoms with van der Waals surface area (Å²) in [7, 11) is 2.23. The first-order chi connectivity index (χ1) is 15.4. The Morgan fingerprint density at radius 3 is 2.28 bits per heavy atom. The Bertz CT molecular complexity index is 972. The van der Waals surface area contributed by atoms with Gasteiger partial charge in [0, 0.05) is 59.1 Å². The van der Waals surface area contributed by atoms with Crippen molar-refractivity contribution in [2.24, 2.45) is 0 Å². The van der Waals surface area contributed by atoms with Crippen LogP contribution in [0.15, 0.2) is 69.3 Å². The number of carboxylic acid groups (broad SMARTS) is 2. The van der Waals surface area contributed by atoms with Crippen molar-refractivity contribution in [2.45, 2.75) is 27.1 Å². The molecule has 170 valence electrons. The van der Waals surface area contributed by atoms with Gasteiger partial charge in [-0.25, -0.2) is 9.59 Å². The maximum absolute atomic E-state index is 9.55. The van der Waals surface area contributed by atoms with E-state index >= 15 is 0 Å². The van der Waals surface area contributed by atoms with Crippen molar-refractivity contribution in [2.75, 3.05) is 39.5 Å². The van der Waals surface area contributed by atoms with E-state index in [0.29, 0.717) is 18.2 Å². The number of carbonyl (C=O) groups is 2. The monoisotopic (exact) mass is 472 g/mol. The van der Waals surface area contributed by atoms with Crippen LogP contribution in [0, 0.1) is 0 Å². The predicted octanol–water partition coefficient (Wildman–Crippen LogP) is 4.12. The normalized spacial score (nSPS) is 18.8. The summed E-state index contributed by atoms with van der Waals surface area (Å²) in [5, 5.41) is 15.6. The first-order valence-electron chi connectivity index (χ1n) is 10.4. The molecule has 0 amide bonds. The van der Waals surface area contributed by atoms with Crippen LogP contribution in [0.4, 0.5) is 0 Å². The fourth-order valence-corrected chi connectivity index (χ4v) is 5.38. The highest BCUT2D eigenvalue weighted by Gasteiger charge is 2.29. The van der Waals surface area contributed by atoms with Gasteiger partial charge in [0.2, 0.25) is 0 Å².